The summed E-state index contributed by atoms with van der Waals surface area (Å²) in [6, 6.07) is 33.6. The maximum absolute atomic E-state index is 2.52. The fraction of sp³-hybridized carbons (Fsp3) is 0.176. The first-order valence-electron chi connectivity index (χ1n) is 13.0. The zero-order chi connectivity index (χ0) is 24.8. The van der Waals surface area contributed by atoms with Crippen LogP contribution < -0.4 is 35.2 Å². The van der Waals surface area contributed by atoms with Gasteiger partial charge in [-0.15, -0.1) is 0 Å². The van der Waals surface area contributed by atoms with Crippen molar-refractivity contribution in [1.82, 2.24) is 0 Å². The molecule has 2 aliphatic rings. The maximum Gasteiger partial charge on any atom is -1.00 e. The average molecular weight is 631 g/mol. The normalized spacial score (nSPS) is 13.0. The van der Waals surface area contributed by atoms with Crippen LogP contribution in [0.2, 0.25) is 0 Å². The summed E-state index contributed by atoms with van der Waals surface area (Å²) >= 11 is -2.38. The summed E-state index contributed by atoms with van der Waals surface area (Å²) in [5.74, 6) is 0. The molecule has 0 N–H and O–H groups in total. The van der Waals surface area contributed by atoms with Crippen LogP contribution in [0.1, 0.15) is 43.4 Å². The molecule has 0 amide bonds. The summed E-state index contributed by atoms with van der Waals surface area (Å²) < 4.78 is 2.33. The third-order valence-corrected chi connectivity index (χ3v) is 27.4. The molecular weight excluding hydrogens is 599 g/mol. The molecule has 0 aromatic heterocycles. The van der Waals surface area contributed by atoms with E-state index in [2.05, 4.69) is 131 Å². The summed E-state index contributed by atoms with van der Waals surface area (Å²) in [4.78, 5) is 0. The molecule has 0 spiro atoms. The van der Waals surface area contributed by atoms with Crippen molar-refractivity contribution in [2.24, 2.45) is 0 Å². The van der Waals surface area contributed by atoms with Gasteiger partial charge in [-0.3, -0.25) is 0 Å². The number of aryl methyl sites for hydroxylation is 4. The van der Waals surface area contributed by atoms with Crippen molar-refractivity contribution in [2.45, 2.75) is 37.7 Å². The first kappa shape index (κ1) is 29.0. The molecule has 0 saturated carbocycles. The largest absolute Gasteiger partial charge is 1.00 e. The smallest absolute Gasteiger partial charge is 1.00 e. The fourth-order valence-corrected chi connectivity index (χ4v) is 28.0. The number of fused-ring (bicyclic) bond motifs is 3. The molecule has 0 heterocycles. The van der Waals surface area contributed by atoms with E-state index in [4.69, 9.17) is 0 Å². The van der Waals surface area contributed by atoms with E-state index in [1.165, 1.54) is 33.4 Å². The number of hydrogen-bond acceptors (Lipinski definition) is 0. The summed E-state index contributed by atoms with van der Waals surface area (Å²) in [6.07, 6.45) is 8.36. The Balaban J connectivity index is 0.00000168. The van der Waals surface area contributed by atoms with Crippen LogP contribution in [-0.2, 0) is 20.4 Å². The van der Waals surface area contributed by atoms with Gasteiger partial charge in [-0.2, -0.15) is 0 Å². The molecule has 4 heteroatoms. The van der Waals surface area contributed by atoms with Crippen LogP contribution in [0.3, 0.4) is 0 Å². The molecular formula is C34H32Cl2SiZr. The summed E-state index contributed by atoms with van der Waals surface area (Å²) in [7, 11) is 0. The Morgan fingerprint density at radius 1 is 0.605 bits per heavy atom. The van der Waals surface area contributed by atoms with Crippen LogP contribution in [0.15, 0.2) is 106 Å². The van der Waals surface area contributed by atoms with E-state index >= 15 is 0 Å². The van der Waals surface area contributed by atoms with E-state index in [1.807, 2.05) is 0 Å². The van der Waals surface area contributed by atoms with Gasteiger partial charge in [-0.25, -0.2) is 0 Å². The second-order valence-corrected chi connectivity index (χ2v) is 24.3. The Morgan fingerprint density at radius 3 is 1.47 bits per heavy atom. The van der Waals surface area contributed by atoms with Crippen LogP contribution in [0.4, 0.5) is 0 Å². The molecule has 0 atom stereocenters. The number of benzene rings is 4. The molecule has 38 heavy (non-hydrogen) atoms. The third kappa shape index (κ3) is 5.39. The second-order valence-electron chi connectivity index (χ2n) is 10.5. The van der Waals surface area contributed by atoms with Gasteiger partial charge < -0.3 is 24.8 Å². The molecule has 0 unspecified atom stereocenters. The van der Waals surface area contributed by atoms with Crippen LogP contribution in [0.5, 0.6) is 0 Å². The molecule has 0 bridgehead atoms. The molecule has 0 aliphatic heterocycles. The molecule has 0 fully saturated rings. The van der Waals surface area contributed by atoms with Crippen LogP contribution in [-0.4, -0.2) is 5.43 Å². The predicted molar refractivity (Wildman–Crippen MR) is 152 cm³/mol. The molecule has 4 aromatic rings. The minimum atomic E-state index is -2.38. The van der Waals surface area contributed by atoms with Crippen LogP contribution >= 0.6 is 0 Å². The topological polar surface area (TPSA) is 0 Å². The van der Waals surface area contributed by atoms with Crippen molar-refractivity contribution in [1.29, 1.82) is 0 Å². The van der Waals surface area contributed by atoms with Crippen LogP contribution in [0.25, 0.3) is 11.1 Å². The molecule has 6 rings (SSSR count). The van der Waals surface area contributed by atoms with Crippen molar-refractivity contribution in [3.8, 4) is 11.1 Å². The van der Waals surface area contributed by atoms with Gasteiger partial charge in [-0.1, -0.05) is 0 Å². The van der Waals surface area contributed by atoms with Crippen molar-refractivity contribution < 1.29 is 45.2 Å². The summed E-state index contributed by atoms with van der Waals surface area (Å²) in [5.41, 5.74) is 10.6. The van der Waals surface area contributed by atoms with Gasteiger partial charge in [0, 0.05) is 0 Å². The SMILES string of the molecule is Cc1ccc([Si](c2ccc(C)cc2)=[Zr+2]([C]2=CC=CC2)[CH]2c3cc(C)ccc3-c3ccc(C)cc32)cc1.[Cl-].[Cl-]. The Hall–Kier alpha value is -1.96. The molecule has 0 radical (unpaired) electrons. The number of allylic oxidation sites excluding steroid dienone is 4. The van der Waals surface area contributed by atoms with Crippen molar-refractivity contribution in [3.63, 3.8) is 0 Å². The molecule has 0 saturated heterocycles. The second kappa shape index (κ2) is 12.1. The van der Waals surface area contributed by atoms with Gasteiger partial charge in [0.05, 0.1) is 0 Å². The van der Waals surface area contributed by atoms with Crippen molar-refractivity contribution in [2.75, 3.05) is 0 Å². The summed E-state index contributed by atoms with van der Waals surface area (Å²) in [6.45, 7) is 8.94. The van der Waals surface area contributed by atoms with Gasteiger partial charge in [-0.05, 0) is 0 Å². The number of hydrogen-bond donors (Lipinski definition) is 0. The standard InChI is InChI=1S/C15H13.C14H14Si.C5H5.2ClH.Zr/c1-10-3-5-14-12(7-10)9-13-8-11(2)4-6-15(13)14;1-11-3-7-13(8-4-11)15-14-9-5-12(2)6-10-14;1-2-4-5-3-1;;;/h3-9H,1-2H3;3-10H,1-2H3;1-3H,4H2;2*1H;/q;;;;;+2/p-2. The quantitative estimate of drug-likeness (QED) is 0.298. The maximum atomic E-state index is 2.52. The molecule has 4 aromatic carbocycles. The van der Waals surface area contributed by atoms with Gasteiger partial charge in [0.2, 0.25) is 0 Å². The van der Waals surface area contributed by atoms with E-state index in [1.54, 1.807) is 24.8 Å². The van der Waals surface area contributed by atoms with E-state index in [0.717, 1.165) is 6.42 Å². The van der Waals surface area contributed by atoms with E-state index < -0.39 is 25.8 Å². The first-order chi connectivity index (χ1) is 17.5. The fourth-order valence-electron chi connectivity index (χ4n) is 5.87. The Morgan fingerprint density at radius 2 is 1.05 bits per heavy atom. The minimum absolute atomic E-state index is 0. The zero-order valence-electron chi connectivity index (χ0n) is 22.4. The first-order valence-corrected chi connectivity index (χ1v) is 20.8. The summed E-state index contributed by atoms with van der Waals surface area (Å²) in [5, 5.41) is 3.18. The molecule has 0 nitrogen and oxygen atoms in total. The number of rotatable bonds is 4. The zero-order valence-corrected chi connectivity index (χ0v) is 27.3. The van der Waals surface area contributed by atoms with Gasteiger partial charge >= 0.3 is 225 Å². The monoisotopic (exact) mass is 628 g/mol. The van der Waals surface area contributed by atoms with Crippen molar-refractivity contribution >= 4 is 15.8 Å². The Kier molecular flexibility index (Phi) is 9.21. The van der Waals surface area contributed by atoms with E-state index in [9.17, 15) is 0 Å². The Bertz CT molecular complexity index is 1480. The molecule has 2 aliphatic carbocycles. The van der Waals surface area contributed by atoms with Crippen molar-refractivity contribution in [3.05, 3.63) is 140 Å². The third-order valence-electron chi connectivity index (χ3n) is 7.68. The Labute approximate surface area is 247 Å². The van der Waals surface area contributed by atoms with Gasteiger partial charge in [0.15, 0.2) is 0 Å². The molecule has 190 valence electrons. The van der Waals surface area contributed by atoms with Crippen LogP contribution in [0, 0.1) is 27.7 Å². The average Bonchev–Trinajstić information content (AvgIpc) is 3.50. The number of halogens is 2. The van der Waals surface area contributed by atoms with E-state index in [-0.39, 0.29) is 24.8 Å². The predicted octanol–water partition coefficient (Wildman–Crippen LogP) is 1.27. The van der Waals surface area contributed by atoms with Gasteiger partial charge in [0.25, 0.3) is 0 Å². The van der Waals surface area contributed by atoms with E-state index in [0.29, 0.717) is 3.63 Å². The van der Waals surface area contributed by atoms with Gasteiger partial charge in [0.1, 0.15) is 0 Å². The minimum Gasteiger partial charge on any atom is -1.00 e.